The number of amides is 1. The number of hydrogen-bond donors (Lipinski definition) is 1. The van der Waals surface area contributed by atoms with Crippen LogP contribution in [-0.2, 0) is 16.6 Å². The number of nitrogens with two attached hydrogens (primary N) is 1. The Hall–Kier alpha value is -2.47. The molecule has 0 unspecified atom stereocenters. The molecule has 0 atom stereocenters. The van der Waals surface area contributed by atoms with Crippen LogP contribution in [0.1, 0.15) is 21.5 Å². The third kappa shape index (κ3) is 4.79. The number of rotatable bonds is 6. The smallest absolute Gasteiger partial charge is 0.255 e. The Balaban J connectivity index is 2.36. The SMILES string of the molecule is C=CCN(Cc1ccc(C#N)cc1)C(=O)c1cc(S(N)(=O)=O)ccc1Br. The fourth-order valence-corrected chi connectivity index (χ4v) is 3.25. The Labute approximate surface area is 160 Å². The van der Waals surface area contributed by atoms with Crippen LogP contribution in [0.5, 0.6) is 0 Å². The Morgan fingerprint density at radius 2 is 1.92 bits per heavy atom. The van der Waals surface area contributed by atoms with Crippen molar-refractivity contribution in [2.75, 3.05) is 6.54 Å². The molecule has 2 N–H and O–H groups in total. The summed E-state index contributed by atoms with van der Waals surface area (Å²) in [5.41, 5.74) is 1.55. The van der Waals surface area contributed by atoms with Crippen molar-refractivity contribution < 1.29 is 13.2 Å². The summed E-state index contributed by atoms with van der Waals surface area (Å²) in [6.45, 7) is 4.21. The summed E-state index contributed by atoms with van der Waals surface area (Å²) < 4.78 is 23.6. The van der Waals surface area contributed by atoms with Gasteiger partial charge in [-0.25, -0.2) is 13.6 Å². The van der Waals surface area contributed by atoms with Crippen LogP contribution in [0.4, 0.5) is 0 Å². The molecule has 0 aliphatic rings. The molecule has 0 aliphatic heterocycles. The van der Waals surface area contributed by atoms with Crippen molar-refractivity contribution in [1.29, 1.82) is 5.26 Å². The first kappa shape index (κ1) is 19.8. The van der Waals surface area contributed by atoms with Crippen molar-refractivity contribution in [3.05, 3.63) is 76.3 Å². The first-order valence-electron chi connectivity index (χ1n) is 7.48. The van der Waals surface area contributed by atoms with Crippen molar-refractivity contribution in [1.82, 2.24) is 4.90 Å². The molecule has 134 valence electrons. The third-order valence-electron chi connectivity index (χ3n) is 3.59. The van der Waals surface area contributed by atoms with Gasteiger partial charge in [-0.3, -0.25) is 4.79 Å². The maximum absolute atomic E-state index is 12.9. The average molecular weight is 434 g/mol. The topological polar surface area (TPSA) is 104 Å². The van der Waals surface area contributed by atoms with Crippen molar-refractivity contribution in [3.8, 4) is 6.07 Å². The molecule has 2 rings (SSSR count). The van der Waals surface area contributed by atoms with Crippen LogP contribution < -0.4 is 5.14 Å². The van der Waals surface area contributed by atoms with Crippen molar-refractivity contribution in [3.63, 3.8) is 0 Å². The maximum atomic E-state index is 12.9. The number of hydrogen-bond acceptors (Lipinski definition) is 4. The highest BCUT2D eigenvalue weighted by molar-refractivity contribution is 9.10. The predicted octanol–water partition coefficient (Wildman–Crippen LogP) is 2.80. The van der Waals surface area contributed by atoms with Gasteiger partial charge in [0.25, 0.3) is 5.91 Å². The lowest BCUT2D eigenvalue weighted by atomic mass is 10.1. The number of halogens is 1. The van der Waals surface area contributed by atoms with Crippen LogP contribution in [0.25, 0.3) is 0 Å². The zero-order chi connectivity index (χ0) is 19.3. The van der Waals surface area contributed by atoms with Crippen LogP contribution in [0.2, 0.25) is 0 Å². The molecule has 0 heterocycles. The molecule has 2 aromatic carbocycles. The summed E-state index contributed by atoms with van der Waals surface area (Å²) in [6.07, 6.45) is 1.58. The lowest BCUT2D eigenvalue weighted by molar-refractivity contribution is 0.0761. The highest BCUT2D eigenvalue weighted by Crippen LogP contribution is 2.23. The zero-order valence-corrected chi connectivity index (χ0v) is 16.1. The summed E-state index contributed by atoms with van der Waals surface area (Å²) in [6, 6.07) is 12.9. The van der Waals surface area contributed by atoms with Gasteiger partial charge in [0.2, 0.25) is 10.0 Å². The predicted molar refractivity (Wildman–Crippen MR) is 102 cm³/mol. The van der Waals surface area contributed by atoms with E-state index in [1.807, 2.05) is 6.07 Å². The molecule has 0 bridgehead atoms. The summed E-state index contributed by atoms with van der Waals surface area (Å²) >= 11 is 3.28. The number of carbonyl (C=O) groups excluding carboxylic acids is 1. The largest absolute Gasteiger partial charge is 0.331 e. The van der Waals surface area contributed by atoms with Gasteiger partial charge in [0.1, 0.15) is 0 Å². The van der Waals surface area contributed by atoms with Gasteiger partial charge >= 0.3 is 0 Å². The minimum Gasteiger partial charge on any atom is -0.331 e. The van der Waals surface area contributed by atoms with Crippen LogP contribution >= 0.6 is 15.9 Å². The van der Waals surface area contributed by atoms with Gasteiger partial charge in [0.05, 0.1) is 22.1 Å². The Morgan fingerprint density at radius 3 is 2.46 bits per heavy atom. The standard InChI is InChI=1S/C18H16BrN3O3S/c1-2-9-22(12-14-5-3-13(11-20)4-6-14)18(23)16-10-15(26(21,24)25)7-8-17(16)19/h2-8,10H,1,9,12H2,(H2,21,24,25). The number of primary sulfonamides is 1. The number of benzene rings is 2. The fourth-order valence-electron chi connectivity index (χ4n) is 2.30. The number of carbonyl (C=O) groups is 1. The first-order valence-corrected chi connectivity index (χ1v) is 9.81. The molecule has 6 nitrogen and oxygen atoms in total. The lowest BCUT2D eigenvalue weighted by Gasteiger charge is -2.22. The summed E-state index contributed by atoms with van der Waals surface area (Å²) in [5.74, 6) is -0.369. The van der Waals surface area contributed by atoms with Gasteiger partial charge in [0.15, 0.2) is 0 Å². The van der Waals surface area contributed by atoms with E-state index in [1.165, 1.54) is 23.1 Å². The van der Waals surface area contributed by atoms with Gasteiger partial charge in [-0.2, -0.15) is 5.26 Å². The molecule has 0 saturated carbocycles. The minimum absolute atomic E-state index is 0.138. The van der Waals surface area contributed by atoms with Gasteiger partial charge < -0.3 is 4.90 Å². The molecular weight excluding hydrogens is 418 g/mol. The molecule has 0 spiro atoms. The van der Waals surface area contributed by atoms with E-state index in [1.54, 1.807) is 30.3 Å². The second kappa shape index (κ2) is 8.27. The minimum atomic E-state index is -3.92. The van der Waals surface area contributed by atoms with E-state index >= 15 is 0 Å². The van der Waals surface area contributed by atoms with E-state index in [-0.39, 0.29) is 29.5 Å². The number of sulfonamides is 1. The summed E-state index contributed by atoms with van der Waals surface area (Å²) in [7, 11) is -3.92. The zero-order valence-electron chi connectivity index (χ0n) is 13.7. The Bertz CT molecular complexity index is 980. The highest BCUT2D eigenvalue weighted by Gasteiger charge is 2.20. The van der Waals surface area contributed by atoms with Gasteiger partial charge in [-0.05, 0) is 51.8 Å². The molecule has 26 heavy (non-hydrogen) atoms. The summed E-state index contributed by atoms with van der Waals surface area (Å²) in [4.78, 5) is 14.3. The quantitative estimate of drug-likeness (QED) is 0.706. The van der Waals surface area contributed by atoms with E-state index < -0.39 is 10.0 Å². The molecule has 1 amide bonds. The first-order chi connectivity index (χ1) is 12.3. The molecule has 2 aromatic rings. The summed E-state index contributed by atoms with van der Waals surface area (Å²) in [5, 5.41) is 14.0. The molecule has 0 aromatic heterocycles. The van der Waals surface area contributed by atoms with Crippen LogP contribution in [0, 0.1) is 11.3 Å². The highest BCUT2D eigenvalue weighted by atomic mass is 79.9. The third-order valence-corrected chi connectivity index (χ3v) is 5.19. The van der Waals surface area contributed by atoms with E-state index in [4.69, 9.17) is 10.4 Å². The second-order valence-electron chi connectivity index (χ2n) is 5.47. The van der Waals surface area contributed by atoms with Crippen LogP contribution in [-0.4, -0.2) is 25.8 Å². The second-order valence-corrected chi connectivity index (χ2v) is 7.89. The average Bonchev–Trinajstić information content (AvgIpc) is 2.61. The van der Waals surface area contributed by atoms with E-state index in [9.17, 15) is 13.2 Å². The molecule has 0 saturated heterocycles. The van der Waals surface area contributed by atoms with Crippen molar-refractivity contribution in [2.24, 2.45) is 5.14 Å². The Kier molecular flexibility index (Phi) is 6.32. The normalized spacial score (nSPS) is 10.8. The van der Waals surface area contributed by atoms with Gasteiger partial charge in [-0.15, -0.1) is 6.58 Å². The number of nitrogens with zero attached hydrogens (tertiary/aromatic N) is 2. The van der Waals surface area contributed by atoms with Gasteiger partial charge in [-0.1, -0.05) is 18.2 Å². The van der Waals surface area contributed by atoms with Gasteiger partial charge in [0, 0.05) is 17.6 Å². The van der Waals surface area contributed by atoms with E-state index in [0.717, 1.165) is 5.56 Å². The molecule has 0 radical (unpaired) electrons. The van der Waals surface area contributed by atoms with Crippen LogP contribution in [0.15, 0.2) is 64.5 Å². The van der Waals surface area contributed by atoms with E-state index in [0.29, 0.717) is 10.0 Å². The number of nitriles is 1. The lowest BCUT2D eigenvalue weighted by Crippen LogP contribution is -2.31. The maximum Gasteiger partial charge on any atom is 0.255 e. The van der Waals surface area contributed by atoms with E-state index in [2.05, 4.69) is 22.5 Å². The van der Waals surface area contributed by atoms with Crippen molar-refractivity contribution >= 4 is 31.9 Å². The van der Waals surface area contributed by atoms with Crippen LogP contribution in [0.3, 0.4) is 0 Å². The Morgan fingerprint density at radius 1 is 1.27 bits per heavy atom. The monoisotopic (exact) mass is 433 g/mol. The van der Waals surface area contributed by atoms with Crippen molar-refractivity contribution in [2.45, 2.75) is 11.4 Å². The molecule has 0 aliphatic carbocycles. The fraction of sp³-hybridized carbons (Fsp3) is 0.111. The molecular formula is C18H16BrN3O3S. The molecule has 8 heteroatoms. The molecule has 0 fully saturated rings.